The van der Waals surface area contributed by atoms with Gasteiger partial charge < -0.3 is 15.4 Å². The molecule has 0 fully saturated rings. The van der Waals surface area contributed by atoms with E-state index in [9.17, 15) is 9.59 Å². The standard InChI is InChI=1S/C14H20N2O3/c1-4-8-15-14(18)16-12-7-6-11(9-10(12)3)13(17)19-5-2/h6-7,9H,4-5,8H2,1-3H3,(H2,15,16,18). The van der Waals surface area contributed by atoms with E-state index >= 15 is 0 Å². The van der Waals surface area contributed by atoms with E-state index < -0.39 is 0 Å². The molecule has 0 atom stereocenters. The number of rotatable bonds is 5. The van der Waals surface area contributed by atoms with Gasteiger partial charge in [-0.25, -0.2) is 9.59 Å². The summed E-state index contributed by atoms with van der Waals surface area (Å²) >= 11 is 0. The number of ether oxygens (including phenoxy) is 1. The third-order valence-electron chi connectivity index (χ3n) is 2.52. The molecule has 0 heterocycles. The van der Waals surface area contributed by atoms with Crippen molar-refractivity contribution >= 4 is 17.7 Å². The highest BCUT2D eigenvalue weighted by atomic mass is 16.5. The first-order valence-electron chi connectivity index (χ1n) is 6.41. The first-order valence-corrected chi connectivity index (χ1v) is 6.41. The summed E-state index contributed by atoms with van der Waals surface area (Å²) in [5, 5.41) is 5.47. The summed E-state index contributed by atoms with van der Waals surface area (Å²) in [6, 6.07) is 4.80. The van der Waals surface area contributed by atoms with Crippen LogP contribution in [0.1, 0.15) is 36.2 Å². The Labute approximate surface area is 113 Å². The van der Waals surface area contributed by atoms with Crippen LogP contribution >= 0.6 is 0 Å². The number of hydrogen-bond acceptors (Lipinski definition) is 3. The topological polar surface area (TPSA) is 67.4 Å². The smallest absolute Gasteiger partial charge is 0.338 e. The molecule has 0 aromatic heterocycles. The third kappa shape index (κ3) is 4.62. The van der Waals surface area contributed by atoms with E-state index in [1.54, 1.807) is 25.1 Å². The molecule has 104 valence electrons. The zero-order valence-electron chi connectivity index (χ0n) is 11.6. The van der Waals surface area contributed by atoms with Gasteiger partial charge in [-0.15, -0.1) is 0 Å². The lowest BCUT2D eigenvalue weighted by Crippen LogP contribution is -2.29. The Balaban J connectivity index is 2.72. The molecule has 0 saturated carbocycles. The van der Waals surface area contributed by atoms with Crippen molar-refractivity contribution in [3.8, 4) is 0 Å². The Morgan fingerprint density at radius 1 is 1.26 bits per heavy atom. The van der Waals surface area contributed by atoms with Gasteiger partial charge in [-0.1, -0.05) is 6.92 Å². The Kier molecular flexibility index (Phi) is 5.85. The van der Waals surface area contributed by atoms with Gasteiger partial charge in [0.1, 0.15) is 0 Å². The second-order valence-electron chi connectivity index (χ2n) is 4.13. The maximum absolute atomic E-state index is 11.5. The zero-order chi connectivity index (χ0) is 14.3. The first kappa shape index (κ1) is 15.0. The highest BCUT2D eigenvalue weighted by Gasteiger charge is 2.09. The number of benzene rings is 1. The van der Waals surface area contributed by atoms with Crippen LogP contribution in [-0.4, -0.2) is 25.2 Å². The molecule has 0 aliphatic rings. The van der Waals surface area contributed by atoms with Gasteiger partial charge in [0.25, 0.3) is 0 Å². The van der Waals surface area contributed by atoms with Gasteiger partial charge in [-0.2, -0.15) is 0 Å². The average molecular weight is 264 g/mol. The predicted octanol–water partition coefficient (Wildman–Crippen LogP) is 2.70. The summed E-state index contributed by atoms with van der Waals surface area (Å²) in [6.07, 6.45) is 0.883. The number of carbonyl (C=O) groups excluding carboxylic acids is 2. The molecule has 0 unspecified atom stereocenters. The minimum Gasteiger partial charge on any atom is -0.462 e. The van der Waals surface area contributed by atoms with Gasteiger partial charge in [0, 0.05) is 12.2 Å². The molecule has 0 radical (unpaired) electrons. The van der Waals surface area contributed by atoms with Crippen molar-refractivity contribution in [2.45, 2.75) is 27.2 Å². The Morgan fingerprint density at radius 2 is 2.00 bits per heavy atom. The second kappa shape index (κ2) is 7.41. The van der Waals surface area contributed by atoms with Crippen LogP contribution in [0.5, 0.6) is 0 Å². The Morgan fingerprint density at radius 3 is 2.58 bits per heavy atom. The number of amides is 2. The largest absolute Gasteiger partial charge is 0.462 e. The minimum absolute atomic E-state index is 0.242. The molecule has 19 heavy (non-hydrogen) atoms. The third-order valence-corrected chi connectivity index (χ3v) is 2.52. The van der Waals surface area contributed by atoms with E-state index in [-0.39, 0.29) is 12.0 Å². The maximum Gasteiger partial charge on any atom is 0.338 e. The van der Waals surface area contributed by atoms with Gasteiger partial charge in [0.15, 0.2) is 0 Å². The predicted molar refractivity (Wildman–Crippen MR) is 74.4 cm³/mol. The molecule has 0 aliphatic heterocycles. The lowest BCUT2D eigenvalue weighted by molar-refractivity contribution is 0.0526. The van der Waals surface area contributed by atoms with Crippen molar-refractivity contribution in [2.24, 2.45) is 0 Å². The minimum atomic E-state index is -0.354. The Bertz CT molecular complexity index is 458. The van der Waals surface area contributed by atoms with Crippen molar-refractivity contribution in [3.63, 3.8) is 0 Å². The summed E-state index contributed by atoms with van der Waals surface area (Å²) in [7, 11) is 0. The quantitative estimate of drug-likeness (QED) is 0.803. The van der Waals surface area contributed by atoms with Crippen molar-refractivity contribution in [2.75, 3.05) is 18.5 Å². The SMILES string of the molecule is CCCNC(=O)Nc1ccc(C(=O)OCC)cc1C. The number of esters is 1. The zero-order valence-corrected chi connectivity index (χ0v) is 11.6. The summed E-state index contributed by atoms with van der Waals surface area (Å²) in [4.78, 5) is 23.1. The van der Waals surface area contributed by atoms with Crippen LogP contribution in [0, 0.1) is 6.92 Å². The van der Waals surface area contributed by atoms with Crippen LogP contribution < -0.4 is 10.6 Å². The molecular weight excluding hydrogens is 244 g/mol. The fraction of sp³-hybridized carbons (Fsp3) is 0.429. The van der Waals surface area contributed by atoms with Crippen molar-refractivity contribution in [3.05, 3.63) is 29.3 Å². The van der Waals surface area contributed by atoms with Crippen molar-refractivity contribution in [1.29, 1.82) is 0 Å². The molecule has 0 spiro atoms. The molecular formula is C14H20N2O3. The summed E-state index contributed by atoms with van der Waals surface area (Å²) < 4.78 is 4.92. The molecule has 1 aromatic carbocycles. The van der Waals surface area contributed by atoms with Crippen LogP contribution in [0.2, 0.25) is 0 Å². The number of nitrogens with one attached hydrogen (secondary N) is 2. The van der Waals surface area contributed by atoms with E-state index in [0.29, 0.717) is 24.4 Å². The number of aryl methyl sites for hydroxylation is 1. The molecule has 2 amide bonds. The highest BCUT2D eigenvalue weighted by Crippen LogP contribution is 2.17. The molecule has 0 saturated heterocycles. The second-order valence-corrected chi connectivity index (χ2v) is 4.13. The highest BCUT2D eigenvalue weighted by molar-refractivity contribution is 5.93. The Hall–Kier alpha value is -2.04. The van der Waals surface area contributed by atoms with Gasteiger partial charge in [0.2, 0.25) is 0 Å². The average Bonchev–Trinajstić information content (AvgIpc) is 2.39. The number of hydrogen-bond donors (Lipinski definition) is 2. The van der Waals surface area contributed by atoms with E-state index in [4.69, 9.17) is 4.74 Å². The lowest BCUT2D eigenvalue weighted by Gasteiger charge is -2.10. The first-order chi connectivity index (χ1) is 9.08. The van der Waals surface area contributed by atoms with Gasteiger partial charge in [0.05, 0.1) is 12.2 Å². The number of carbonyl (C=O) groups is 2. The van der Waals surface area contributed by atoms with Gasteiger partial charge in [-0.05, 0) is 44.0 Å². The molecule has 0 bridgehead atoms. The molecule has 1 rings (SSSR count). The normalized spacial score (nSPS) is 9.84. The van der Waals surface area contributed by atoms with Crippen LogP contribution in [0.4, 0.5) is 10.5 Å². The monoisotopic (exact) mass is 264 g/mol. The van der Waals surface area contributed by atoms with E-state index in [1.807, 2.05) is 13.8 Å². The molecule has 0 aliphatic carbocycles. The maximum atomic E-state index is 11.5. The number of anilines is 1. The van der Waals surface area contributed by atoms with Gasteiger partial charge >= 0.3 is 12.0 Å². The van der Waals surface area contributed by atoms with Crippen molar-refractivity contribution in [1.82, 2.24) is 5.32 Å². The fourth-order valence-electron chi connectivity index (χ4n) is 1.55. The van der Waals surface area contributed by atoms with Gasteiger partial charge in [-0.3, -0.25) is 0 Å². The van der Waals surface area contributed by atoms with E-state index in [2.05, 4.69) is 10.6 Å². The van der Waals surface area contributed by atoms with E-state index in [1.165, 1.54) is 0 Å². The lowest BCUT2D eigenvalue weighted by atomic mass is 10.1. The molecule has 2 N–H and O–H groups in total. The summed E-state index contributed by atoms with van der Waals surface area (Å²) in [5.74, 6) is -0.354. The summed E-state index contributed by atoms with van der Waals surface area (Å²) in [6.45, 7) is 6.56. The van der Waals surface area contributed by atoms with Crippen molar-refractivity contribution < 1.29 is 14.3 Å². The van der Waals surface area contributed by atoms with E-state index in [0.717, 1.165) is 12.0 Å². The van der Waals surface area contributed by atoms with Crippen LogP contribution in [-0.2, 0) is 4.74 Å². The summed E-state index contributed by atoms with van der Waals surface area (Å²) in [5.41, 5.74) is 1.98. The molecule has 1 aromatic rings. The fourth-order valence-corrected chi connectivity index (χ4v) is 1.55. The van der Waals surface area contributed by atoms with Crippen LogP contribution in [0.15, 0.2) is 18.2 Å². The molecule has 5 heteroatoms. The van der Waals surface area contributed by atoms with Crippen LogP contribution in [0.25, 0.3) is 0 Å². The molecule has 5 nitrogen and oxygen atoms in total. The van der Waals surface area contributed by atoms with Crippen LogP contribution in [0.3, 0.4) is 0 Å². The number of urea groups is 1.